The van der Waals surface area contributed by atoms with Crippen molar-refractivity contribution in [3.05, 3.63) is 0 Å². The summed E-state index contributed by atoms with van der Waals surface area (Å²) >= 11 is 0. The first kappa shape index (κ1) is 7.60. The molecule has 2 aliphatic rings. The topological polar surface area (TPSA) is 12.0 Å². The molecule has 1 nitrogen and oxygen atoms in total. The molecule has 1 heteroatoms. The predicted octanol–water partition coefficient (Wildman–Crippen LogP) is 2.17. The van der Waals surface area contributed by atoms with Crippen LogP contribution in [0.15, 0.2) is 0 Å². The molecule has 1 heterocycles. The molecule has 2 fully saturated rings. The summed E-state index contributed by atoms with van der Waals surface area (Å²) in [4.78, 5) is 0. The van der Waals surface area contributed by atoms with E-state index in [1.165, 1.54) is 32.2 Å². The summed E-state index contributed by atoms with van der Waals surface area (Å²) in [6.45, 7) is 6.08. The van der Waals surface area contributed by atoms with E-state index in [1.807, 2.05) is 0 Å². The Hall–Kier alpha value is -0.0400. The Labute approximate surface area is 69.6 Å². The fourth-order valence-corrected chi connectivity index (χ4v) is 2.77. The lowest BCUT2D eigenvalue weighted by molar-refractivity contribution is 0.0990. The Morgan fingerprint density at radius 1 is 1.36 bits per heavy atom. The van der Waals surface area contributed by atoms with Gasteiger partial charge in [-0.1, -0.05) is 6.92 Å². The maximum Gasteiger partial charge on any atom is 0.0156 e. The van der Waals surface area contributed by atoms with Gasteiger partial charge < -0.3 is 5.32 Å². The standard InChI is InChI=1S/C10H19N/c1-8-3-5-10(2)7-9(8)4-6-11-10/h8-9,11H,3-7H2,1-2H3. The van der Waals surface area contributed by atoms with E-state index >= 15 is 0 Å². The minimum absolute atomic E-state index is 0.509. The molecule has 0 radical (unpaired) electrons. The molecule has 0 amide bonds. The molecule has 1 saturated heterocycles. The zero-order valence-electron chi connectivity index (χ0n) is 7.69. The smallest absolute Gasteiger partial charge is 0.0156 e. The third-order valence-corrected chi connectivity index (χ3v) is 3.74. The van der Waals surface area contributed by atoms with Crippen LogP contribution in [0.3, 0.4) is 0 Å². The van der Waals surface area contributed by atoms with Crippen molar-refractivity contribution in [2.45, 2.75) is 45.1 Å². The SMILES string of the molecule is CC1CCC2(C)CC1CCN2. The van der Waals surface area contributed by atoms with Crippen molar-refractivity contribution in [2.75, 3.05) is 6.54 Å². The third kappa shape index (κ3) is 1.31. The molecule has 1 saturated carbocycles. The molecule has 2 rings (SSSR count). The van der Waals surface area contributed by atoms with Gasteiger partial charge in [0.2, 0.25) is 0 Å². The number of hydrogen-bond acceptors (Lipinski definition) is 1. The highest BCUT2D eigenvalue weighted by Crippen LogP contribution is 2.40. The molecule has 2 bridgehead atoms. The van der Waals surface area contributed by atoms with Crippen LogP contribution in [0.25, 0.3) is 0 Å². The van der Waals surface area contributed by atoms with Crippen LogP contribution in [0.1, 0.15) is 39.5 Å². The molecule has 1 N–H and O–H groups in total. The zero-order chi connectivity index (χ0) is 7.90. The van der Waals surface area contributed by atoms with Gasteiger partial charge in [-0.05, 0) is 51.0 Å². The summed E-state index contributed by atoms with van der Waals surface area (Å²) in [5.74, 6) is 2.01. The van der Waals surface area contributed by atoms with Gasteiger partial charge in [-0.15, -0.1) is 0 Å². The number of nitrogens with one attached hydrogen (secondary N) is 1. The van der Waals surface area contributed by atoms with Crippen LogP contribution in [-0.2, 0) is 0 Å². The highest BCUT2D eigenvalue weighted by atomic mass is 15.0. The molecule has 0 aromatic heterocycles. The van der Waals surface area contributed by atoms with Gasteiger partial charge in [-0.3, -0.25) is 0 Å². The van der Waals surface area contributed by atoms with Crippen LogP contribution >= 0.6 is 0 Å². The van der Waals surface area contributed by atoms with Gasteiger partial charge in [-0.2, -0.15) is 0 Å². The van der Waals surface area contributed by atoms with E-state index < -0.39 is 0 Å². The maximum atomic E-state index is 3.65. The van der Waals surface area contributed by atoms with E-state index in [4.69, 9.17) is 0 Å². The monoisotopic (exact) mass is 153 g/mol. The third-order valence-electron chi connectivity index (χ3n) is 3.74. The molecule has 3 atom stereocenters. The quantitative estimate of drug-likeness (QED) is 0.562. The van der Waals surface area contributed by atoms with Gasteiger partial charge in [0.1, 0.15) is 0 Å². The summed E-state index contributed by atoms with van der Waals surface area (Å²) < 4.78 is 0. The van der Waals surface area contributed by atoms with Crippen molar-refractivity contribution < 1.29 is 0 Å². The molecular formula is C10H19N. The van der Waals surface area contributed by atoms with Crippen molar-refractivity contribution >= 4 is 0 Å². The Bertz CT molecular complexity index is 155. The number of rotatable bonds is 0. The highest BCUT2D eigenvalue weighted by molar-refractivity contribution is 4.95. The van der Waals surface area contributed by atoms with E-state index in [2.05, 4.69) is 19.2 Å². The Balaban J connectivity index is 2.09. The van der Waals surface area contributed by atoms with Crippen molar-refractivity contribution in [3.63, 3.8) is 0 Å². The van der Waals surface area contributed by atoms with Crippen molar-refractivity contribution in [1.29, 1.82) is 0 Å². The lowest BCUT2D eigenvalue weighted by Gasteiger charge is -2.46. The van der Waals surface area contributed by atoms with E-state index in [9.17, 15) is 0 Å². The van der Waals surface area contributed by atoms with Crippen LogP contribution in [-0.4, -0.2) is 12.1 Å². The summed E-state index contributed by atoms with van der Waals surface area (Å²) in [5.41, 5.74) is 0.509. The van der Waals surface area contributed by atoms with Gasteiger partial charge in [0.25, 0.3) is 0 Å². The molecule has 1 aliphatic carbocycles. The van der Waals surface area contributed by atoms with Gasteiger partial charge in [0, 0.05) is 5.54 Å². The Morgan fingerprint density at radius 2 is 2.18 bits per heavy atom. The number of piperidine rings is 1. The second-order valence-corrected chi connectivity index (χ2v) is 4.76. The summed E-state index contributed by atoms with van der Waals surface area (Å²) in [7, 11) is 0. The van der Waals surface area contributed by atoms with Crippen LogP contribution in [0.5, 0.6) is 0 Å². The minimum Gasteiger partial charge on any atom is -0.311 e. The first-order chi connectivity index (χ1) is 5.20. The fraction of sp³-hybridized carbons (Fsp3) is 1.00. The van der Waals surface area contributed by atoms with Crippen LogP contribution in [0.4, 0.5) is 0 Å². The molecular weight excluding hydrogens is 134 g/mol. The Kier molecular flexibility index (Phi) is 1.71. The van der Waals surface area contributed by atoms with Gasteiger partial charge >= 0.3 is 0 Å². The fourth-order valence-electron chi connectivity index (χ4n) is 2.77. The summed E-state index contributed by atoms with van der Waals surface area (Å²) in [6.07, 6.45) is 5.67. The molecule has 64 valence electrons. The predicted molar refractivity (Wildman–Crippen MR) is 47.5 cm³/mol. The molecule has 11 heavy (non-hydrogen) atoms. The molecule has 0 aromatic rings. The maximum absolute atomic E-state index is 3.65. The van der Waals surface area contributed by atoms with Gasteiger partial charge in [-0.25, -0.2) is 0 Å². The first-order valence-electron chi connectivity index (χ1n) is 4.95. The average Bonchev–Trinajstić information content (AvgIpc) is 1.99. The number of fused-ring (bicyclic) bond motifs is 2. The summed E-state index contributed by atoms with van der Waals surface area (Å²) in [5, 5.41) is 3.65. The molecule has 0 spiro atoms. The van der Waals surface area contributed by atoms with E-state index in [0.29, 0.717) is 5.54 Å². The molecule has 1 aliphatic heterocycles. The average molecular weight is 153 g/mol. The normalized spacial score (nSPS) is 50.7. The van der Waals surface area contributed by atoms with Crippen molar-refractivity contribution in [1.82, 2.24) is 5.32 Å². The van der Waals surface area contributed by atoms with Crippen LogP contribution in [0.2, 0.25) is 0 Å². The molecule has 3 unspecified atom stereocenters. The van der Waals surface area contributed by atoms with Crippen molar-refractivity contribution in [3.8, 4) is 0 Å². The first-order valence-corrected chi connectivity index (χ1v) is 4.95. The van der Waals surface area contributed by atoms with E-state index in [0.717, 1.165) is 11.8 Å². The lowest BCUT2D eigenvalue weighted by atomic mass is 9.68. The summed E-state index contributed by atoms with van der Waals surface area (Å²) in [6, 6.07) is 0. The van der Waals surface area contributed by atoms with Gasteiger partial charge in [0.05, 0.1) is 0 Å². The number of hydrogen-bond donors (Lipinski definition) is 1. The minimum atomic E-state index is 0.509. The largest absolute Gasteiger partial charge is 0.311 e. The van der Waals surface area contributed by atoms with Gasteiger partial charge in [0.15, 0.2) is 0 Å². The second-order valence-electron chi connectivity index (χ2n) is 4.76. The van der Waals surface area contributed by atoms with Crippen LogP contribution < -0.4 is 5.32 Å². The highest BCUT2D eigenvalue weighted by Gasteiger charge is 2.38. The Morgan fingerprint density at radius 3 is 2.91 bits per heavy atom. The van der Waals surface area contributed by atoms with Crippen molar-refractivity contribution in [2.24, 2.45) is 11.8 Å². The van der Waals surface area contributed by atoms with Crippen LogP contribution in [0, 0.1) is 11.8 Å². The van der Waals surface area contributed by atoms with E-state index in [-0.39, 0.29) is 0 Å². The van der Waals surface area contributed by atoms with E-state index in [1.54, 1.807) is 0 Å². The lowest BCUT2D eigenvalue weighted by Crippen LogP contribution is -2.52. The second kappa shape index (κ2) is 2.48. The zero-order valence-corrected chi connectivity index (χ0v) is 7.69. The molecule has 0 aromatic carbocycles.